The van der Waals surface area contributed by atoms with Crippen molar-refractivity contribution < 1.29 is 17.1 Å². The number of hydrogen-bond donors (Lipinski definition) is 1. The zero-order valence-corrected chi connectivity index (χ0v) is 9.21. The third-order valence-electron chi connectivity index (χ3n) is 2.14. The number of nitrogens with one attached hydrogen (secondary N) is 1. The molecule has 0 unspecified atom stereocenters. The third-order valence-corrected chi connectivity index (χ3v) is 3.15. The average molecular weight is 227 g/mol. The topological polar surface area (TPSA) is 63.0 Å². The Labute approximate surface area is 87.4 Å². The van der Waals surface area contributed by atoms with Crippen LogP contribution in [0.15, 0.2) is 24.5 Å². The van der Waals surface area contributed by atoms with Gasteiger partial charge in [-0.2, -0.15) is 8.42 Å². The van der Waals surface area contributed by atoms with Gasteiger partial charge in [0.2, 0.25) is 0 Å². The second kappa shape index (κ2) is 3.23. The number of methoxy groups -OCH3 is 1. The molecule has 1 N–H and O–H groups in total. The molecule has 2 rings (SSSR count). The monoisotopic (exact) mass is 227 g/mol. The zero-order valence-electron chi connectivity index (χ0n) is 8.39. The van der Waals surface area contributed by atoms with Gasteiger partial charge < -0.3 is 4.74 Å². The molecule has 0 bridgehead atoms. The minimum absolute atomic E-state index is 0.610. The lowest BCUT2D eigenvalue weighted by atomic mass is 10.3. The molecule has 6 heteroatoms. The number of aromatic amines is 1. The summed E-state index contributed by atoms with van der Waals surface area (Å²) >= 11 is 0. The summed E-state index contributed by atoms with van der Waals surface area (Å²) in [5.74, 6) is 0.685. The van der Waals surface area contributed by atoms with Gasteiger partial charge in [-0.25, -0.2) is 4.98 Å². The number of aromatic nitrogens is 2. The number of hydrogen-bond acceptors (Lipinski definition) is 3. The maximum Gasteiger partial charge on any atom is 0.302 e. The molecule has 0 aliphatic rings. The number of imidazole rings is 1. The smallest absolute Gasteiger partial charge is 0.302 e. The molecule has 5 nitrogen and oxygen atoms in total. The van der Waals surface area contributed by atoms with E-state index >= 15 is 0 Å². The molecular formula is C9H11N2O3S+. The van der Waals surface area contributed by atoms with Crippen LogP contribution in [0.4, 0.5) is 0 Å². The van der Waals surface area contributed by atoms with E-state index in [4.69, 9.17) is 4.74 Å². The van der Waals surface area contributed by atoms with Gasteiger partial charge in [0.05, 0.1) is 13.4 Å². The molecule has 2 aromatic rings. The highest BCUT2D eigenvalue weighted by molar-refractivity contribution is 7.84. The van der Waals surface area contributed by atoms with E-state index < -0.39 is 10.0 Å². The lowest BCUT2D eigenvalue weighted by Gasteiger charge is -1.96. The Balaban J connectivity index is 2.73. The van der Waals surface area contributed by atoms with E-state index in [0.717, 1.165) is 11.8 Å². The molecule has 0 radical (unpaired) electrons. The van der Waals surface area contributed by atoms with Crippen LogP contribution in [-0.2, 0) is 10.0 Å². The van der Waals surface area contributed by atoms with E-state index in [-0.39, 0.29) is 0 Å². The van der Waals surface area contributed by atoms with Crippen molar-refractivity contribution >= 4 is 21.1 Å². The highest BCUT2D eigenvalue weighted by Crippen LogP contribution is 2.16. The van der Waals surface area contributed by atoms with Gasteiger partial charge in [-0.3, -0.25) is 0 Å². The highest BCUT2D eigenvalue weighted by atomic mass is 32.2. The summed E-state index contributed by atoms with van der Waals surface area (Å²) in [6, 6.07) is 5.17. The Morgan fingerprint density at radius 3 is 2.73 bits per heavy atom. The summed E-state index contributed by atoms with van der Waals surface area (Å²) in [5, 5.41) is 0. The van der Waals surface area contributed by atoms with Crippen LogP contribution in [0.5, 0.6) is 5.75 Å². The predicted molar refractivity (Wildman–Crippen MR) is 55.3 cm³/mol. The molecule has 0 saturated carbocycles. The lowest BCUT2D eigenvalue weighted by molar-refractivity contribution is -0.479. The van der Waals surface area contributed by atoms with Crippen LogP contribution in [-0.4, -0.2) is 26.8 Å². The normalized spacial score (nSPS) is 11.9. The molecule has 0 atom stereocenters. The van der Waals surface area contributed by atoms with Crippen LogP contribution >= 0.6 is 0 Å². The van der Waals surface area contributed by atoms with Gasteiger partial charge in [-0.05, 0) is 12.1 Å². The highest BCUT2D eigenvalue weighted by Gasteiger charge is 2.18. The van der Waals surface area contributed by atoms with Crippen LogP contribution in [0, 0.1) is 0 Å². The predicted octanol–water partition coefficient (Wildman–Crippen LogP) is 0.272. The number of rotatable bonds is 2. The number of fused-ring (bicyclic) bond motifs is 1. The summed E-state index contributed by atoms with van der Waals surface area (Å²) in [6.45, 7) is 0. The molecule has 80 valence electrons. The van der Waals surface area contributed by atoms with Gasteiger partial charge in [0.25, 0.3) is 6.33 Å². The van der Waals surface area contributed by atoms with Crippen molar-refractivity contribution in [2.75, 3.05) is 13.4 Å². The van der Waals surface area contributed by atoms with Crippen LogP contribution in [0.25, 0.3) is 11.0 Å². The summed E-state index contributed by atoms with van der Waals surface area (Å²) in [4.78, 5) is 2.87. The molecule has 1 aromatic heterocycles. The van der Waals surface area contributed by atoms with E-state index in [0.29, 0.717) is 11.3 Å². The zero-order chi connectivity index (χ0) is 11.1. The Morgan fingerprint density at radius 1 is 1.40 bits per heavy atom. The molecular weight excluding hydrogens is 216 g/mol. The fourth-order valence-corrected chi connectivity index (χ4v) is 2.18. The second-order valence-corrected chi connectivity index (χ2v) is 5.07. The maximum absolute atomic E-state index is 11.4. The van der Waals surface area contributed by atoms with Gasteiger partial charge >= 0.3 is 10.0 Å². The minimum Gasteiger partial charge on any atom is -0.497 e. The quantitative estimate of drug-likeness (QED) is 0.749. The summed E-state index contributed by atoms with van der Waals surface area (Å²) in [7, 11) is -1.70. The van der Waals surface area contributed by atoms with Gasteiger partial charge in [0, 0.05) is 6.07 Å². The van der Waals surface area contributed by atoms with Crippen molar-refractivity contribution in [3.8, 4) is 5.75 Å². The van der Waals surface area contributed by atoms with Gasteiger partial charge in [0.15, 0.2) is 11.0 Å². The van der Waals surface area contributed by atoms with E-state index in [1.165, 1.54) is 10.3 Å². The minimum atomic E-state index is -3.26. The number of nitrogens with zero attached hydrogens (tertiary/aromatic N) is 1. The van der Waals surface area contributed by atoms with Crippen LogP contribution in [0.3, 0.4) is 0 Å². The van der Waals surface area contributed by atoms with Crippen molar-refractivity contribution in [2.45, 2.75) is 0 Å². The van der Waals surface area contributed by atoms with Crippen molar-refractivity contribution in [1.82, 2.24) is 4.98 Å². The first-order chi connectivity index (χ1) is 7.02. The van der Waals surface area contributed by atoms with Crippen LogP contribution in [0.1, 0.15) is 0 Å². The molecule has 0 aliphatic carbocycles. The Morgan fingerprint density at radius 2 is 2.13 bits per heavy atom. The van der Waals surface area contributed by atoms with Crippen molar-refractivity contribution in [3.63, 3.8) is 0 Å². The Kier molecular flexibility index (Phi) is 2.15. The van der Waals surface area contributed by atoms with Gasteiger partial charge in [0.1, 0.15) is 5.75 Å². The number of H-pyrrole nitrogens is 1. The Bertz CT molecular complexity index is 601. The van der Waals surface area contributed by atoms with Gasteiger partial charge in [-0.15, -0.1) is 3.97 Å². The fourth-order valence-electron chi connectivity index (χ4n) is 1.42. The molecule has 0 amide bonds. The molecule has 0 aliphatic heterocycles. The molecule has 0 saturated heterocycles. The molecule has 15 heavy (non-hydrogen) atoms. The van der Waals surface area contributed by atoms with E-state index in [2.05, 4.69) is 4.98 Å². The average Bonchev–Trinajstić information content (AvgIpc) is 2.59. The largest absolute Gasteiger partial charge is 0.497 e. The molecule has 0 fully saturated rings. The fraction of sp³-hybridized carbons (Fsp3) is 0.222. The van der Waals surface area contributed by atoms with E-state index in [1.807, 2.05) is 0 Å². The van der Waals surface area contributed by atoms with Crippen molar-refractivity contribution in [3.05, 3.63) is 24.5 Å². The first-order valence-corrected chi connectivity index (χ1v) is 6.14. The van der Waals surface area contributed by atoms with Crippen molar-refractivity contribution in [2.24, 2.45) is 0 Å². The number of benzene rings is 1. The second-order valence-electron chi connectivity index (χ2n) is 3.22. The van der Waals surface area contributed by atoms with E-state index in [9.17, 15) is 8.42 Å². The lowest BCUT2D eigenvalue weighted by Crippen LogP contribution is -2.40. The molecule has 1 heterocycles. The Hall–Kier alpha value is -1.56. The number of ether oxygens (including phenoxy) is 1. The van der Waals surface area contributed by atoms with Crippen LogP contribution in [0.2, 0.25) is 0 Å². The standard InChI is InChI=1S/C9H10N2O3S/c1-14-7-3-4-9-8(5-7)10-6-11(9)15(2,12)13/h3-6H,1-2H3/p+1. The summed E-state index contributed by atoms with van der Waals surface area (Å²) in [5.41, 5.74) is 1.33. The van der Waals surface area contributed by atoms with Crippen molar-refractivity contribution in [1.29, 1.82) is 0 Å². The first kappa shape index (κ1) is 9.97. The third kappa shape index (κ3) is 1.68. The van der Waals surface area contributed by atoms with Crippen LogP contribution < -0.4 is 8.71 Å². The van der Waals surface area contributed by atoms with E-state index in [1.54, 1.807) is 25.3 Å². The summed E-state index contributed by atoms with van der Waals surface area (Å²) < 4.78 is 29.0. The molecule has 0 spiro atoms. The molecule has 1 aromatic carbocycles. The maximum atomic E-state index is 11.4. The van der Waals surface area contributed by atoms with Gasteiger partial charge in [-0.1, -0.05) is 0 Å². The SMILES string of the molecule is COc1ccc2c(c1)[nH]c[n+]2S(C)(=O)=O. The first-order valence-electron chi connectivity index (χ1n) is 4.30. The summed E-state index contributed by atoms with van der Waals surface area (Å²) in [6.07, 6.45) is 2.57.